The number of nitrogens with zero attached hydrogens (tertiary/aromatic N) is 1. The smallest absolute Gasteiger partial charge is 0.259 e. The van der Waals surface area contributed by atoms with Crippen LogP contribution in [0.4, 0.5) is 0 Å². The maximum absolute atomic E-state index is 12.4. The number of aryl methyl sites for hydroxylation is 1. The topological polar surface area (TPSA) is 45.8 Å². The Kier molecular flexibility index (Phi) is 3.65. The van der Waals surface area contributed by atoms with Crippen molar-refractivity contribution in [3.63, 3.8) is 0 Å². The van der Waals surface area contributed by atoms with Gasteiger partial charge in [-0.3, -0.25) is 4.79 Å². The number of hydrogen-bond donors (Lipinski definition) is 1. The van der Waals surface area contributed by atoms with Gasteiger partial charge in [-0.25, -0.2) is 4.98 Å². The molecule has 0 aliphatic rings. The first-order chi connectivity index (χ1) is 10.2. The molecule has 0 spiro atoms. The largest absolute Gasteiger partial charge is 0.310 e. The summed E-state index contributed by atoms with van der Waals surface area (Å²) >= 11 is 0. The van der Waals surface area contributed by atoms with Crippen LogP contribution >= 0.6 is 0 Å². The van der Waals surface area contributed by atoms with Crippen molar-refractivity contribution in [2.75, 3.05) is 0 Å². The molecule has 0 unspecified atom stereocenters. The summed E-state index contributed by atoms with van der Waals surface area (Å²) in [6.45, 7) is 1.81. The highest BCUT2D eigenvalue weighted by Gasteiger charge is 2.12. The molecule has 0 radical (unpaired) electrons. The number of aromatic nitrogens is 2. The van der Waals surface area contributed by atoms with Gasteiger partial charge >= 0.3 is 0 Å². The molecule has 0 saturated carbocycles. The number of rotatable bonds is 3. The van der Waals surface area contributed by atoms with Crippen molar-refractivity contribution in [1.29, 1.82) is 0 Å². The van der Waals surface area contributed by atoms with Crippen molar-refractivity contribution in [2.45, 2.75) is 13.3 Å². The van der Waals surface area contributed by atoms with Crippen molar-refractivity contribution in [1.82, 2.24) is 9.97 Å². The molecule has 1 heterocycles. The predicted octanol–water partition coefficient (Wildman–Crippen LogP) is 3.34. The molecule has 2 aromatic carbocycles. The highest BCUT2D eigenvalue weighted by atomic mass is 16.1. The molecular weight excluding hydrogens is 260 g/mol. The molecule has 0 amide bonds. The van der Waals surface area contributed by atoms with E-state index in [0.717, 1.165) is 16.8 Å². The molecule has 3 nitrogen and oxygen atoms in total. The normalized spacial score (nSPS) is 10.5. The Labute approximate surface area is 123 Å². The number of H-pyrrole nitrogens is 1. The standard InChI is InChI=1S/C18H16N2O/c1-13-19-16(12-14-8-4-2-5-9-14)17(18(21)20-13)15-10-6-3-7-11-15/h2-11H,12H2,1H3,(H,19,20,21). The second kappa shape index (κ2) is 5.75. The van der Waals surface area contributed by atoms with E-state index in [2.05, 4.69) is 9.97 Å². The van der Waals surface area contributed by atoms with E-state index in [1.807, 2.05) is 67.6 Å². The fraction of sp³-hybridized carbons (Fsp3) is 0.111. The molecule has 0 bridgehead atoms. The minimum absolute atomic E-state index is 0.0837. The van der Waals surface area contributed by atoms with Crippen LogP contribution in [0.3, 0.4) is 0 Å². The van der Waals surface area contributed by atoms with E-state index in [4.69, 9.17) is 0 Å². The lowest BCUT2D eigenvalue weighted by atomic mass is 10.0. The fourth-order valence-corrected chi connectivity index (χ4v) is 2.46. The van der Waals surface area contributed by atoms with E-state index >= 15 is 0 Å². The third-order valence-electron chi connectivity index (χ3n) is 3.39. The van der Waals surface area contributed by atoms with Crippen LogP contribution in [-0.2, 0) is 6.42 Å². The molecule has 3 aromatic rings. The van der Waals surface area contributed by atoms with Crippen molar-refractivity contribution in [2.24, 2.45) is 0 Å². The summed E-state index contributed by atoms with van der Waals surface area (Å²) in [4.78, 5) is 19.7. The first-order valence-corrected chi connectivity index (χ1v) is 6.93. The van der Waals surface area contributed by atoms with Gasteiger partial charge in [0.05, 0.1) is 11.3 Å². The van der Waals surface area contributed by atoms with Crippen molar-refractivity contribution in [3.8, 4) is 11.1 Å². The van der Waals surface area contributed by atoms with E-state index in [9.17, 15) is 4.79 Å². The van der Waals surface area contributed by atoms with Gasteiger partial charge in [-0.1, -0.05) is 60.7 Å². The first-order valence-electron chi connectivity index (χ1n) is 6.93. The summed E-state index contributed by atoms with van der Waals surface area (Å²) in [6.07, 6.45) is 0.649. The average Bonchev–Trinajstić information content (AvgIpc) is 2.48. The van der Waals surface area contributed by atoms with E-state index in [-0.39, 0.29) is 5.56 Å². The Balaban J connectivity index is 2.13. The minimum atomic E-state index is -0.0837. The quantitative estimate of drug-likeness (QED) is 0.797. The lowest BCUT2D eigenvalue weighted by molar-refractivity contribution is 0.950. The van der Waals surface area contributed by atoms with Crippen LogP contribution in [0.5, 0.6) is 0 Å². The number of benzene rings is 2. The zero-order valence-electron chi connectivity index (χ0n) is 11.8. The molecule has 21 heavy (non-hydrogen) atoms. The van der Waals surface area contributed by atoms with Crippen LogP contribution in [0.2, 0.25) is 0 Å². The summed E-state index contributed by atoms with van der Waals surface area (Å²) < 4.78 is 0. The van der Waals surface area contributed by atoms with Crippen LogP contribution in [0.15, 0.2) is 65.5 Å². The van der Waals surface area contributed by atoms with Gasteiger partial charge < -0.3 is 4.98 Å². The maximum atomic E-state index is 12.4. The van der Waals surface area contributed by atoms with E-state index in [0.29, 0.717) is 17.8 Å². The van der Waals surface area contributed by atoms with Crippen LogP contribution in [0.1, 0.15) is 17.1 Å². The first kappa shape index (κ1) is 13.3. The third kappa shape index (κ3) is 2.92. The molecule has 3 heteroatoms. The zero-order valence-corrected chi connectivity index (χ0v) is 11.8. The average molecular weight is 276 g/mol. The zero-order chi connectivity index (χ0) is 14.7. The van der Waals surface area contributed by atoms with E-state index < -0.39 is 0 Å². The van der Waals surface area contributed by atoms with Gasteiger partial charge in [0.1, 0.15) is 5.82 Å². The van der Waals surface area contributed by atoms with E-state index in [1.165, 1.54) is 0 Å². The van der Waals surface area contributed by atoms with Gasteiger partial charge in [0.15, 0.2) is 0 Å². The number of hydrogen-bond acceptors (Lipinski definition) is 2. The SMILES string of the molecule is Cc1nc(Cc2ccccc2)c(-c2ccccc2)c(=O)[nH]1. The van der Waals surface area contributed by atoms with Crippen molar-refractivity contribution < 1.29 is 0 Å². The molecule has 0 aliphatic heterocycles. The van der Waals surface area contributed by atoms with E-state index in [1.54, 1.807) is 0 Å². The lowest BCUT2D eigenvalue weighted by Crippen LogP contribution is -2.16. The third-order valence-corrected chi connectivity index (χ3v) is 3.39. The van der Waals surface area contributed by atoms with Gasteiger partial charge in [0.25, 0.3) is 5.56 Å². The Morgan fingerprint density at radius 3 is 2.24 bits per heavy atom. The van der Waals surface area contributed by atoms with Gasteiger partial charge in [0.2, 0.25) is 0 Å². The minimum Gasteiger partial charge on any atom is -0.310 e. The van der Waals surface area contributed by atoms with Crippen LogP contribution < -0.4 is 5.56 Å². The second-order valence-corrected chi connectivity index (χ2v) is 5.00. The van der Waals surface area contributed by atoms with Crippen LogP contribution in [0, 0.1) is 6.92 Å². The Hall–Kier alpha value is -2.68. The van der Waals surface area contributed by atoms with Crippen molar-refractivity contribution in [3.05, 3.63) is 88.1 Å². The molecular formula is C18H16N2O. The fourth-order valence-electron chi connectivity index (χ4n) is 2.46. The summed E-state index contributed by atoms with van der Waals surface area (Å²) in [5, 5.41) is 0. The summed E-state index contributed by atoms with van der Waals surface area (Å²) in [5.74, 6) is 0.644. The molecule has 0 atom stereocenters. The number of aromatic amines is 1. The number of nitrogens with one attached hydrogen (secondary N) is 1. The molecule has 1 N–H and O–H groups in total. The highest BCUT2D eigenvalue weighted by Crippen LogP contribution is 2.20. The summed E-state index contributed by atoms with van der Waals surface area (Å²) in [5.41, 5.74) is 3.43. The Bertz CT molecular complexity index is 792. The van der Waals surface area contributed by atoms with Crippen molar-refractivity contribution >= 4 is 0 Å². The Morgan fingerprint density at radius 2 is 1.57 bits per heavy atom. The van der Waals surface area contributed by atoms with Gasteiger partial charge in [-0.15, -0.1) is 0 Å². The maximum Gasteiger partial charge on any atom is 0.259 e. The molecule has 3 rings (SSSR count). The lowest BCUT2D eigenvalue weighted by Gasteiger charge is -2.09. The summed E-state index contributed by atoms with van der Waals surface area (Å²) in [6, 6.07) is 19.8. The van der Waals surface area contributed by atoms with Gasteiger partial charge in [-0.2, -0.15) is 0 Å². The Morgan fingerprint density at radius 1 is 0.952 bits per heavy atom. The van der Waals surface area contributed by atoms with Gasteiger partial charge in [0, 0.05) is 6.42 Å². The molecule has 104 valence electrons. The van der Waals surface area contributed by atoms with Gasteiger partial charge in [-0.05, 0) is 18.1 Å². The predicted molar refractivity (Wildman–Crippen MR) is 84.3 cm³/mol. The highest BCUT2D eigenvalue weighted by molar-refractivity contribution is 5.65. The van der Waals surface area contributed by atoms with Crippen LogP contribution in [0.25, 0.3) is 11.1 Å². The molecule has 1 aromatic heterocycles. The molecule has 0 aliphatic carbocycles. The summed E-state index contributed by atoms with van der Waals surface area (Å²) in [7, 11) is 0. The molecule has 0 fully saturated rings. The van der Waals surface area contributed by atoms with Crippen LogP contribution in [-0.4, -0.2) is 9.97 Å². The monoisotopic (exact) mass is 276 g/mol. The molecule has 0 saturated heterocycles. The second-order valence-electron chi connectivity index (χ2n) is 5.00.